The van der Waals surface area contributed by atoms with Gasteiger partial charge in [-0.1, -0.05) is 18.0 Å². The Morgan fingerprint density at radius 3 is 2.43 bits per heavy atom. The van der Waals surface area contributed by atoms with E-state index in [0.717, 1.165) is 45.4 Å². The van der Waals surface area contributed by atoms with Crippen LogP contribution >= 0.6 is 0 Å². The van der Waals surface area contributed by atoms with E-state index >= 15 is 0 Å². The highest BCUT2D eigenvalue weighted by Gasteiger charge is 2.49. The molecule has 2 heterocycles. The van der Waals surface area contributed by atoms with E-state index in [-0.39, 0.29) is 11.7 Å². The first-order chi connectivity index (χ1) is 10.2. The van der Waals surface area contributed by atoms with Crippen LogP contribution in [-0.4, -0.2) is 59.0 Å². The minimum atomic E-state index is -0.741. The Morgan fingerprint density at radius 2 is 1.81 bits per heavy atom. The van der Waals surface area contributed by atoms with Gasteiger partial charge in [-0.3, -0.25) is 9.69 Å². The fourth-order valence-electron chi connectivity index (χ4n) is 4.29. The van der Waals surface area contributed by atoms with Crippen LogP contribution in [0.4, 0.5) is 0 Å². The van der Waals surface area contributed by atoms with Crippen LogP contribution in [0.25, 0.3) is 0 Å². The van der Waals surface area contributed by atoms with Gasteiger partial charge in [0.1, 0.15) is 5.41 Å². The van der Waals surface area contributed by atoms with Crippen molar-refractivity contribution in [1.82, 2.24) is 9.80 Å². The standard InChI is InChI=1S/C15H26N4O2/c16-13(17-21)15(6-1-2-7-15)14(20)19-10-5-12(11-19)18-8-3-4-9-18/h12,21H,1-11H2,(H2,16,17). The van der Waals surface area contributed by atoms with Gasteiger partial charge in [-0.15, -0.1) is 0 Å². The molecule has 1 atom stereocenters. The monoisotopic (exact) mass is 294 g/mol. The van der Waals surface area contributed by atoms with Crippen LogP contribution in [0.15, 0.2) is 5.16 Å². The molecule has 6 nitrogen and oxygen atoms in total. The summed E-state index contributed by atoms with van der Waals surface area (Å²) in [4.78, 5) is 17.4. The molecule has 118 valence electrons. The second-order valence-electron chi connectivity index (χ2n) is 6.71. The highest BCUT2D eigenvalue weighted by molar-refractivity contribution is 6.07. The lowest BCUT2D eigenvalue weighted by atomic mass is 9.83. The molecule has 0 aromatic heterocycles. The topological polar surface area (TPSA) is 82.2 Å². The maximum atomic E-state index is 13.0. The number of hydrogen-bond acceptors (Lipinski definition) is 4. The van der Waals surface area contributed by atoms with Gasteiger partial charge in [0.2, 0.25) is 5.91 Å². The number of amides is 1. The smallest absolute Gasteiger partial charge is 0.236 e. The molecule has 0 aromatic carbocycles. The van der Waals surface area contributed by atoms with Gasteiger partial charge in [-0.05, 0) is 45.2 Å². The lowest BCUT2D eigenvalue weighted by Crippen LogP contribution is -2.50. The van der Waals surface area contributed by atoms with E-state index in [1.807, 2.05) is 4.90 Å². The number of amidine groups is 1. The number of rotatable bonds is 3. The predicted octanol–water partition coefficient (Wildman–Crippen LogP) is 0.990. The average Bonchev–Trinajstić information content (AvgIpc) is 3.25. The van der Waals surface area contributed by atoms with Gasteiger partial charge in [0.25, 0.3) is 0 Å². The van der Waals surface area contributed by atoms with Crippen molar-refractivity contribution >= 4 is 11.7 Å². The molecular weight excluding hydrogens is 268 g/mol. The minimum Gasteiger partial charge on any atom is -0.409 e. The predicted molar refractivity (Wildman–Crippen MR) is 80.1 cm³/mol. The molecular formula is C15H26N4O2. The Morgan fingerprint density at radius 1 is 1.14 bits per heavy atom. The van der Waals surface area contributed by atoms with Gasteiger partial charge in [0.05, 0.1) is 0 Å². The third kappa shape index (κ3) is 2.50. The maximum absolute atomic E-state index is 13.0. The minimum absolute atomic E-state index is 0.0806. The highest BCUT2D eigenvalue weighted by atomic mass is 16.4. The summed E-state index contributed by atoms with van der Waals surface area (Å²) in [5, 5.41) is 12.2. The van der Waals surface area contributed by atoms with Crippen molar-refractivity contribution in [3.8, 4) is 0 Å². The number of carbonyl (C=O) groups is 1. The Labute approximate surface area is 125 Å². The molecule has 3 aliphatic rings. The molecule has 3 N–H and O–H groups in total. The molecule has 0 bridgehead atoms. The third-order valence-electron chi connectivity index (χ3n) is 5.57. The summed E-state index contributed by atoms with van der Waals surface area (Å²) >= 11 is 0. The number of hydrogen-bond donors (Lipinski definition) is 2. The van der Waals surface area contributed by atoms with E-state index in [4.69, 9.17) is 10.9 Å². The lowest BCUT2D eigenvalue weighted by molar-refractivity contribution is -0.137. The van der Waals surface area contributed by atoms with E-state index < -0.39 is 5.41 Å². The van der Waals surface area contributed by atoms with Crippen LogP contribution in [0.1, 0.15) is 44.9 Å². The van der Waals surface area contributed by atoms with Crippen molar-refractivity contribution in [3.05, 3.63) is 0 Å². The molecule has 2 aliphatic heterocycles. The summed E-state index contributed by atoms with van der Waals surface area (Å²) in [6.45, 7) is 3.94. The molecule has 1 unspecified atom stereocenters. The van der Waals surface area contributed by atoms with Gasteiger partial charge in [-0.2, -0.15) is 0 Å². The van der Waals surface area contributed by atoms with E-state index in [2.05, 4.69) is 10.1 Å². The van der Waals surface area contributed by atoms with Crippen molar-refractivity contribution in [2.24, 2.45) is 16.3 Å². The molecule has 3 fully saturated rings. The van der Waals surface area contributed by atoms with Crippen LogP contribution in [-0.2, 0) is 4.79 Å². The zero-order valence-electron chi connectivity index (χ0n) is 12.6. The van der Waals surface area contributed by atoms with Crippen molar-refractivity contribution < 1.29 is 10.0 Å². The van der Waals surface area contributed by atoms with Gasteiger partial charge in [0.15, 0.2) is 5.84 Å². The van der Waals surface area contributed by atoms with Crippen LogP contribution < -0.4 is 5.73 Å². The molecule has 2 saturated heterocycles. The molecule has 0 radical (unpaired) electrons. The molecule has 0 aromatic rings. The Balaban J connectivity index is 1.70. The highest BCUT2D eigenvalue weighted by Crippen LogP contribution is 2.41. The van der Waals surface area contributed by atoms with Gasteiger partial charge < -0.3 is 15.8 Å². The Hall–Kier alpha value is -1.30. The Kier molecular flexibility index (Phi) is 4.06. The van der Waals surface area contributed by atoms with E-state index in [0.29, 0.717) is 18.9 Å². The SMILES string of the molecule is NC(=NO)C1(C(=O)N2CCC(N3CCCC3)C2)CCCC1. The number of likely N-dealkylation sites (tertiary alicyclic amines) is 2. The molecule has 0 spiro atoms. The van der Waals surface area contributed by atoms with E-state index in [1.165, 1.54) is 12.8 Å². The molecule has 21 heavy (non-hydrogen) atoms. The zero-order chi connectivity index (χ0) is 14.9. The molecule has 1 amide bonds. The van der Waals surface area contributed by atoms with Crippen molar-refractivity contribution in [1.29, 1.82) is 0 Å². The zero-order valence-corrected chi connectivity index (χ0v) is 12.6. The maximum Gasteiger partial charge on any atom is 0.236 e. The summed E-state index contributed by atoms with van der Waals surface area (Å²) < 4.78 is 0. The van der Waals surface area contributed by atoms with Crippen LogP contribution in [0.5, 0.6) is 0 Å². The van der Waals surface area contributed by atoms with Crippen LogP contribution in [0, 0.1) is 5.41 Å². The second kappa shape index (κ2) is 5.83. The van der Waals surface area contributed by atoms with E-state index in [1.54, 1.807) is 0 Å². The number of carbonyl (C=O) groups excluding carboxylic acids is 1. The summed E-state index contributed by atoms with van der Waals surface area (Å²) in [5.41, 5.74) is 5.14. The summed E-state index contributed by atoms with van der Waals surface area (Å²) in [5.74, 6) is 0.187. The van der Waals surface area contributed by atoms with Crippen LogP contribution in [0.3, 0.4) is 0 Å². The first kappa shape index (κ1) is 14.6. The average molecular weight is 294 g/mol. The largest absolute Gasteiger partial charge is 0.409 e. The van der Waals surface area contributed by atoms with Gasteiger partial charge in [0, 0.05) is 19.1 Å². The fourth-order valence-corrected chi connectivity index (χ4v) is 4.29. The normalized spacial score (nSPS) is 30.2. The van der Waals surface area contributed by atoms with Crippen molar-refractivity contribution in [3.63, 3.8) is 0 Å². The van der Waals surface area contributed by atoms with Crippen LogP contribution in [0.2, 0.25) is 0 Å². The number of nitrogens with two attached hydrogens (primary N) is 1. The number of nitrogens with zero attached hydrogens (tertiary/aromatic N) is 3. The molecule has 1 aliphatic carbocycles. The summed E-state index contributed by atoms with van der Waals surface area (Å²) in [7, 11) is 0. The first-order valence-corrected chi connectivity index (χ1v) is 8.19. The third-order valence-corrected chi connectivity index (χ3v) is 5.57. The molecule has 1 saturated carbocycles. The van der Waals surface area contributed by atoms with Crippen molar-refractivity contribution in [2.75, 3.05) is 26.2 Å². The van der Waals surface area contributed by atoms with Gasteiger partial charge in [-0.25, -0.2) is 0 Å². The first-order valence-electron chi connectivity index (χ1n) is 8.19. The number of oxime groups is 1. The summed E-state index contributed by atoms with van der Waals surface area (Å²) in [6, 6.07) is 0.502. The molecule has 3 rings (SSSR count). The quantitative estimate of drug-likeness (QED) is 0.352. The fraction of sp³-hybridized carbons (Fsp3) is 0.867. The summed E-state index contributed by atoms with van der Waals surface area (Å²) in [6.07, 6.45) is 6.99. The second-order valence-corrected chi connectivity index (χ2v) is 6.71. The lowest BCUT2D eigenvalue weighted by Gasteiger charge is -2.31. The Bertz CT molecular complexity index is 425. The van der Waals surface area contributed by atoms with Gasteiger partial charge >= 0.3 is 0 Å². The van der Waals surface area contributed by atoms with Crippen molar-refractivity contribution in [2.45, 2.75) is 51.0 Å². The van der Waals surface area contributed by atoms with E-state index in [9.17, 15) is 4.79 Å². The molecule has 6 heteroatoms.